The van der Waals surface area contributed by atoms with Gasteiger partial charge in [0.1, 0.15) is 12.2 Å². The molecular formula is C28H37N5O6. The van der Waals surface area contributed by atoms with E-state index in [2.05, 4.69) is 27.4 Å². The molecule has 1 unspecified atom stereocenters. The first kappa shape index (κ1) is 27.4. The maximum atomic E-state index is 12.7. The summed E-state index contributed by atoms with van der Waals surface area (Å²) in [6.07, 6.45) is 0.0660. The summed E-state index contributed by atoms with van der Waals surface area (Å²) in [7, 11) is 3.03. The van der Waals surface area contributed by atoms with Crippen LogP contribution < -0.4 is 16.6 Å². The molecule has 0 aliphatic carbocycles. The quantitative estimate of drug-likeness (QED) is 0.504. The highest BCUT2D eigenvalue weighted by molar-refractivity contribution is 5.69. The Morgan fingerprint density at radius 2 is 1.69 bits per heavy atom. The minimum atomic E-state index is -0.700. The second-order valence-corrected chi connectivity index (χ2v) is 11.3. The maximum absolute atomic E-state index is 12.7. The van der Waals surface area contributed by atoms with Gasteiger partial charge in [0.15, 0.2) is 22.7 Å². The third-order valence-corrected chi connectivity index (χ3v) is 7.29. The minimum absolute atomic E-state index is 0.167. The van der Waals surface area contributed by atoms with E-state index in [1.165, 1.54) is 11.6 Å². The van der Waals surface area contributed by atoms with Crippen molar-refractivity contribution >= 4 is 16.9 Å². The number of nitrogens with one attached hydrogen (secondary N) is 1. The van der Waals surface area contributed by atoms with E-state index in [1.54, 1.807) is 7.05 Å². The standard InChI is InChI=1S/C28H37N5O6/c1-15(21-16(2)30-24-22(31-21)25(34)33(8)26(35)32(24)7)29-18-11-9-17(10-12-18)13-19-23(39-28(5,6)37-19)20-14-36-27(3,4)38-20/h9-12,15,19-20,23,29H,13-14H2,1-8H3/t15?,19-,20+,23-/m1/s1. The van der Waals surface area contributed by atoms with Gasteiger partial charge in [-0.15, -0.1) is 0 Å². The summed E-state index contributed by atoms with van der Waals surface area (Å²) < 4.78 is 26.7. The molecule has 0 bridgehead atoms. The average Bonchev–Trinajstić information content (AvgIpc) is 3.39. The smallest absolute Gasteiger partial charge is 0.332 e. The van der Waals surface area contributed by atoms with Crippen LogP contribution in [0, 0.1) is 6.92 Å². The van der Waals surface area contributed by atoms with Crippen LogP contribution in [0.4, 0.5) is 5.69 Å². The van der Waals surface area contributed by atoms with E-state index in [-0.39, 0.29) is 35.5 Å². The first-order chi connectivity index (χ1) is 18.2. The van der Waals surface area contributed by atoms with Crippen LogP contribution in [0.3, 0.4) is 0 Å². The van der Waals surface area contributed by atoms with Crippen LogP contribution in [-0.2, 0) is 39.5 Å². The fourth-order valence-electron chi connectivity index (χ4n) is 5.37. The molecule has 1 N–H and O–H groups in total. The molecule has 11 heteroatoms. The normalized spacial score (nSPS) is 24.8. The number of anilines is 1. The Kier molecular flexibility index (Phi) is 6.91. The molecule has 2 saturated heterocycles. The molecule has 0 radical (unpaired) electrons. The van der Waals surface area contributed by atoms with Crippen molar-refractivity contribution in [1.29, 1.82) is 0 Å². The molecule has 4 atom stereocenters. The Morgan fingerprint density at radius 1 is 1.00 bits per heavy atom. The molecule has 0 amide bonds. The predicted octanol–water partition coefficient (Wildman–Crippen LogP) is 2.72. The van der Waals surface area contributed by atoms with Gasteiger partial charge in [0.05, 0.1) is 30.1 Å². The van der Waals surface area contributed by atoms with Gasteiger partial charge >= 0.3 is 5.69 Å². The minimum Gasteiger partial charge on any atom is -0.377 e. The Bertz CT molecular complexity index is 1510. The van der Waals surface area contributed by atoms with E-state index in [0.29, 0.717) is 24.4 Å². The summed E-state index contributed by atoms with van der Waals surface area (Å²) in [5, 5.41) is 3.45. The van der Waals surface area contributed by atoms with Crippen molar-refractivity contribution in [3.8, 4) is 0 Å². The number of benzene rings is 1. The molecule has 3 aromatic rings. The van der Waals surface area contributed by atoms with Crippen molar-refractivity contribution in [2.45, 2.75) is 83.9 Å². The second-order valence-electron chi connectivity index (χ2n) is 11.3. The summed E-state index contributed by atoms with van der Waals surface area (Å²) in [4.78, 5) is 34.1. The number of hydrogen-bond acceptors (Lipinski definition) is 9. The zero-order valence-corrected chi connectivity index (χ0v) is 23.8. The zero-order valence-electron chi connectivity index (χ0n) is 23.8. The Balaban J connectivity index is 1.31. The van der Waals surface area contributed by atoms with Gasteiger partial charge in [0, 0.05) is 26.2 Å². The van der Waals surface area contributed by atoms with Crippen LogP contribution in [0.5, 0.6) is 0 Å². The predicted molar refractivity (Wildman–Crippen MR) is 146 cm³/mol. The molecule has 39 heavy (non-hydrogen) atoms. The van der Waals surface area contributed by atoms with Crippen LogP contribution in [0.2, 0.25) is 0 Å². The Morgan fingerprint density at radius 3 is 2.33 bits per heavy atom. The molecule has 2 fully saturated rings. The van der Waals surface area contributed by atoms with Gasteiger partial charge < -0.3 is 24.3 Å². The van der Waals surface area contributed by atoms with Crippen molar-refractivity contribution in [1.82, 2.24) is 19.1 Å². The van der Waals surface area contributed by atoms with Crippen LogP contribution in [0.25, 0.3) is 11.2 Å². The number of aromatic nitrogens is 4. The van der Waals surface area contributed by atoms with Crippen LogP contribution in [0.15, 0.2) is 33.9 Å². The summed E-state index contributed by atoms with van der Waals surface area (Å²) in [6, 6.07) is 7.90. The highest BCUT2D eigenvalue weighted by atomic mass is 16.8. The third-order valence-electron chi connectivity index (χ3n) is 7.29. The highest BCUT2D eigenvalue weighted by Gasteiger charge is 2.49. The molecule has 2 aromatic heterocycles. The van der Waals surface area contributed by atoms with Crippen LogP contribution in [0.1, 0.15) is 57.6 Å². The van der Waals surface area contributed by atoms with Gasteiger partial charge in [-0.05, 0) is 59.2 Å². The van der Waals surface area contributed by atoms with E-state index in [4.69, 9.17) is 18.9 Å². The van der Waals surface area contributed by atoms with Gasteiger partial charge in [0.25, 0.3) is 5.56 Å². The lowest BCUT2D eigenvalue weighted by atomic mass is 10.0. The summed E-state index contributed by atoms with van der Waals surface area (Å²) in [5.74, 6) is -1.33. The largest absolute Gasteiger partial charge is 0.377 e. The molecule has 5 rings (SSSR count). The van der Waals surface area contributed by atoms with Crippen molar-refractivity contribution < 1.29 is 18.9 Å². The summed E-state index contributed by atoms with van der Waals surface area (Å²) in [6.45, 7) is 11.9. The second kappa shape index (κ2) is 9.81. The zero-order chi connectivity index (χ0) is 28.3. The molecule has 210 valence electrons. The van der Waals surface area contributed by atoms with Crippen molar-refractivity contribution in [3.05, 3.63) is 62.1 Å². The van der Waals surface area contributed by atoms with Gasteiger partial charge in [-0.3, -0.25) is 13.9 Å². The van der Waals surface area contributed by atoms with Gasteiger partial charge in [-0.2, -0.15) is 0 Å². The van der Waals surface area contributed by atoms with Crippen LogP contribution >= 0.6 is 0 Å². The molecule has 4 heterocycles. The molecular weight excluding hydrogens is 502 g/mol. The van der Waals surface area contributed by atoms with E-state index >= 15 is 0 Å². The molecule has 1 aromatic carbocycles. The molecule has 2 aliphatic rings. The number of rotatable bonds is 6. The topological polar surface area (TPSA) is 119 Å². The van der Waals surface area contributed by atoms with Crippen molar-refractivity contribution in [2.24, 2.45) is 14.1 Å². The van der Waals surface area contributed by atoms with E-state index in [9.17, 15) is 9.59 Å². The monoisotopic (exact) mass is 539 g/mol. The van der Waals surface area contributed by atoms with E-state index in [1.807, 2.05) is 53.7 Å². The molecule has 2 aliphatic heterocycles. The number of nitrogens with zero attached hydrogens (tertiary/aromatic N) is 4. The summed E-state index contributed by atoms with van der Waals surface area (Å²) >= 11 is 0. The third kappa shape index (κ3) is 5.36. The number of hydrogen-bond donors (Lipinski definition) is 1. The first-order valence-electron chi connectivity index (χ1n) is 13.2. The van der Waals surface area contributed by atoms with E-state index < -0.39 is 22.8 Å². The first-order valence-corrected chi connectivity index (χ1v) is 13.2. The molecule has 11 nitrogen and oxygen atoms in total. The number of ether oxygens (including phenoxy) is 4. The highest BCUT2D eigenvalue weighted by Crippen LogP contribution is 2.37. The maximum Gasteiger partial charge on any atom is 0.332 e. The lowest BCUT2D eigenvalue weighted by molar-refractivity contribution is -0.174. The Labute approximate surface area is 227 Å². The SMILES string of the molecule is Cc1nc2c(nc1C(C)Nc1ccc(C[C@H]3OC(C)(C)O[C@H]3[C@@H]3COC(C)(C)O3)cc1)c(=O)n(C)c(=O)n2C. The molecule has 0 spiro atoms. The van der Waals surface area contributed by atoms with Crippen molar-refractivity contribution in [3.63, 3.8) is 0 Å². The van der Waals surface area contributed by atoms with Gasteiger partial charge in [-0.25, -0.2) is 14.8 Å². The number of aryl methyl sites for hydroxylation is 2. The average molecular weight is 540 g/mol. The molecule has 0 saturated carbocycles. The van der Waals surface area contributed by atoms with Crippen LogP contribution in [-0.4, -0.2) is 55.6 Å². The van der Waals surface area contributed by atoms with Gasteiger partial charge in [0.2, 0.25) is 0 Å². The fourth-order valence-corrected chi connectivity index (χ4v) is 5.37. The van der Waals surface area contributed by atoms with Gasteiger partial charge in [-0.1, -0.05) is 12.1 Å². The Hall–Kier alpha value is -3.12. The summed E-state index contributed by atoms with van der Waals surface area (Å²) in [5.41, 5.74) is 2.85. The lowest BCUT2D eigenvalue weighted by Crippen LogP contribution is -2.39. The number of fused-ring (bicyclic) bond motifs is 1. The van der Waals surface area contributed by atoms with Crippen molar-refractivity contribution in [2.75, 3.05) is 11.9 Å². The fraction of sp³-hybridized carbons (Fsp3) is 0.571. The lowest BCUT2D eigenvalue weighted by Gasteiger charge is -2.24. The van der Waals surface area contributed by atoms with E-state index in [0.717, 1.165) is 15.8 Å².